The molecule has 0 aliphatic heterocycles. The van der Waals surface area contributed by atoms with Crippen molar-refractivity contribution in [2.45, 2.75) is 27.2 Å². The van der Waals surface area contributed by atoms with E-state index < -0.39 is 11.9 Å². The molecule has 0 radical (unpaired) electrons. The van der Waals surface area contributed by atoms with Crippen LogP contribution in [0.4, 0.5) is 0 Å². The van der Waals surface area contributed by atoms with Crippen LogP contribution < -0.4 is 5.32 Å². The average Bonchev–Trinajstić information content (AvgIpc) is 2.00. The number of carbonyl (C=O) groups is 2. The molecule has 0 spiro atoms. The Labute approximate surface area is 72.0 Å². The molecular formula is C8H15NO3. The second-order valence-electron chi connectivity index (χ2n) is 3.51. The zero-order valence-electron chi connectivity index (χ0n) is 7.68. The van der Waals surface area contributed by atoms with Crippen LogP contribution in [0.15, 0.2) is 0 Å². The first-order chi connectivity index (χ1) is 5.39. The van der Waals surface area contributed by atoms with Gasteiger partial charge in [0.15, 0.2) is 0 Å². The molecule has 4 nitrogen and oxygen atoms in total. The zero-order chi connectivity index (χ0) is 9.78. The van der Waals surface area contributed by atoms with Crippen molar-refractivity contribution in [3.8, 4) is 0 Å². The summed E-state index contributed by atoms with van der Waals surface area (Å²) in [5.41, 5.74) is -0.0366. The predicted molar refractivity (Wildman–Crippen MR) is 44.7 cm³/mol. The third-order valence-electron chi connectivity index (χ3n) is 1.88. The minimum atomic E-state index is -1.43. The molecule has 2 N–H and O–H groups in total. The molecule has 0 atom stereocenters. The van der Waals surface area contributed by atoms with Crippen LogP contribution in [0.1, 0.15) is 27.2 Å². The molecule has 0 fully saturated rings. The van der Waals surface area contributed by atoms with E-state index in [1.54, 1.807) is 0 Å². The molecule has 1 amide bonds. The van der Waals surface area contributed by atoms with E-state index in [0.717, 1.165) is 6.42 Å². The van der Waals surface area contributed by atoms with Crippen LogP contribution in [-0.2, 0) is 9.59 Å². The SMILES string of the molecule is CCC(C)(C)CNC(=O)C(=O)O. The summed E-state index contributed by atoms with van der Waals surface area (Å²) in [6.07, 6.45) is 0.896. The lowest BCUT2D eigenvalue weighted by atomic mass is 9.90. The lowest BCUT2D eigenvalue weighted by Crippen LogP contribution is -2.37. The van der Waals surface area contributed by atoms with Crippen molar-refractivity contribution in [3.63, 3.8) is 0 Å². The van der Waals surface area contributed by atoms with Crippen molar-refractivity contribution in [3.05, 3.63) is 0 Å². The fraction of sp³-hybridized carbons (Fsp3) is 0.750. The Balaban J connectivity index is 3.83. The van der Waals surface area contributed by atoms with Gasteiger partial charge in [-0.15, -0.1) is 0 Å². The summed E-state index contributed by atoms with van der Waals surface area (Å²) in [6, 6.07) is 0. The number of aliphatic carboxylic acids is 1. The van der Waals surface area contributed by atoms with E-state index in [1.807, 2.05) is 20.8 Å². The second kappa shape index (κ2) is 4.09. The minimum Gasteiger partial charge on any atom is -0.474 e. The van der Waals surface area contributed by atoms with E-state index in [1.165, 1.54) is 0 Å². The van der Waals surface area contributed by atoms with Gasteiger partial charge in [-0.3, -0.25) is 4.79 Å². The topological polar surface area (TPSA) is 66.4 Å². The Kier molecular flexibility index (Phi) is 3.73. The normalized spacial score (nSPS) is 10.9. The highest BCUT2D eigenvalue weighted by atomic mass is 16.4. The van der Waals surface area contributed by atoms with Gasteiger partial charge in [0.25, 0.3) is 0 Å². The maximum atomic E-state index is 10.6. The molecule has 0 aromatic heterocycles. The number of rotatable bonds is 3. The summed E-state index contributed by atoms with van der Waals surface area (Å²) in [5.74, 6) is -2.36. The molecule has 0 saturated carbocycles. The molecule has 0 heterocycles. The third kappa shape index (κ3) is 3.95. The maximum absolute atomic E-state index is 10.6. The summed E-state index contributed by atoms with van der Waals surface area (Å²) in [4.78, 5) is 20.7. The molecular weight excluding hydrogens is 158 g/mol. The van der Waals surface area contributed by atoms with E-state index in [4.69, 9.17) is 5.11 Å². The molecule has 4 heteroatoms. The summed E-state index contributed by atoms with van der Waals surface area (Å²) in [5, 5.41) is 10.6. The number of carboxylic acid groups (broad SMARTS) is 1. The van der Waals surface area contributed by atoms with Gasteiger partial charge in [-0.25, -0.2) is 4.79 Å². The number of hydrogen-bond donors (Lipinski definition) is 2. The van der Waals surface area contributed by atoms with Crippen molar-refractivity contribution in [1.29, 1.82) is 0 Å². The Hall–Kier alpha value is -1.06. The van der Waals surface area contributed by atoms with E-state index >= 15 is 0 Å². The molecule has 0 aromatic carbocycles. The molecule has 0 aliphatic rings. The number of carbonyl (C=O) groups excluding carboxylic acids is 1. The highest BCUT2D eigenvalue weighted by Crippen LogP contribution is 2.17. The van der Waals surface area contributed by atoms with Crippen LogP contribution in [0.3, 0.4) is 0 Å². The van der Waals surface area contributed by atoms with Crippen molar-refractivity contribution < 1.29 is 14.7 Å². The van der Waals surface area contributed by atoms with Crippen LogP contribution in [0.5, 0.6) is 0 Å². The number of amides is 1. The fourth-order valence-electron chi connectivity index (χ4n) is 0.520. The Morgan fingerprint density at radius 2 is 1.92 bits per heavy atom. The van der Waals surface area contributed by atoms with Gasteiger partial charge in [0.2, 0.25) is 0 Å². The zero-order valence-corrected chi connectivity index (χ0v) is 7.68. The Morgan fingerprint density at radius 3 is 2.25 bits per heavy atom. The highest BCUT2D eigenvalue weighted by Gasteiger charge is 2.18. The van der Waals surface area contributed by atoms with Crippen LogP contribution in [-0.4, -0.2) is 23.5 Å². The van der Waals surface area contributed by atoms with Crippen molar-refractivity contribution in [2.24, 2.45) is 5.41 Å². The first kappa shape index (κ1) is 10.9. The summed E-state index contributed by atoms with van der Waals surface area (Å²) < 4.78 is 0. The predicted octanol–water partition coefficient (Wildman–Crippen LogP) is 0.623. The van der Waals surface area contributed by atoms with Gasteiger partial charge in [0, 0.05) is 6.54 Å². The van der Waals surface area contributed by atoms with Gasteiger partial charge in [-0.2, -0.15) is 0 Å². The van der Waals surface area contributed by atoms with E-state index in [2.05, 4.69) is 5.32 Å². The quantitative estimate of drug-likeness (QED) is 0.615. The van der Waals surface area contributed by atoms with Gasteiger partial charge in [-0.1, -0.05) is 20.8 Å². The molecule has 0 aliphatic carbocycles. The van der Waals surface area contributed by atoms with Crippen LogP contribution in [0, 0.1) is 5.41 Å². The smallest absolute Gasteiger partial charge is 0.394 e. The summed E-state index contributed by atoms with van der Waals surface area (Å²) >= 11 is 0. The average molecular weight is 173 g/mol. The molecule has 70 valence electrons. The molecule has 0 saturated heterocycles. The number of hydrogen-bond acceptors (Lipinski definition) is 2. The number of nitrogens with one attached hydrogen (secondary N) is 1. The van der Waals surface area contributed by atoms with Crippen molar-refractivity contribution in [1.82, 2.24) is 5.32 Å². The van der Waals surface area contributed by atoms with Crippen molar-refractivity contribution >= 4 is 11.9 Å². The standard InChI is InChI=1S/C8H15NO3/c1-4-8(2,3)5-9-6(10)7(11)12/h4-5H2,1-3H3,(H,9,10)(H,11,12). The van der Waals surface area contributed by atoms with E-state index in [0.29, 0.717) is 6.54 Å². The molecule has 0 rings (SSSR count). The first-order valence-corrected chi connectivity index (χ1v) is 3.90. The summed E-state index contributed by atoms with van der Waals surface area (Å²) in [6.45, 7) is 6.33. The third-order valence-corrected chi connectivity index (χ3v) is 1.88. The molecule has 12 heavy (non-hydrogen) atoms. The monoisotopic (exact) mass is 173 g/mol. The Morgan fingerprint density at radius 1 is 1.42 bits per heavy atom. The Bertz CT molecular complexity index is 187. The first-order valence-electron chi connectivity index (χ1n) is 3.90. The number of carboxylic acids is 1. The van der Waals surface area contributed by atoms with Crippen LogP contribution in [0.25, 0.3) is 0 Å². The van der Waals surface area contributed by atoms with Crippen molar-refractivity contribution in [2.75, 3.05) is 6.54 Å². The van der Waals surface area contributed by atoms with Crippen LogP contribution >= 0.6 is 0 Å². The highest BCUT2D eigenvalue weighted by molar-refractivity contribution is 6.31. The van der Waals surface area contributed by atoms with Gasteiger partial charge < -0.3 is 10.4 Å². The molecule has 0 unspecified atom stereocenters. The molecule has 0 aromatic rings. The second-order valence-corrected chi connectivity index (χ2v) is 3.51. The van der Waals surface area contributed by atoms with E-state index in [9.17, 15) is 9.59 Å². The molecule has 0 bridgehead atoms. The maximum Gasteiger partial charge on any atom is 0.394 e. The fourth-order valence-corrected chi connectivity index (χ4v) is 0.520. The lowest BCUT2D eigenvalue weighted by molar-refractivity contribution is -0.150. The van der Waals surface area contributed by atoms with E-state index in [-0.39, 0.29) is 5.41 Å². The summed E-state index contributed by atoms with van der Waals surface area (Å²) in [7, 11) is 0. The van der Waals surface area contributed by atoms with Gasteiger partial charge in [-0.05, 0) is 11.8 Å². The lowest BCUT2D eigenvalue weighted by Gasteiger charge is -2.21. The minimum absolute atomic E-state index is 0.0366. The van der Waals surface area contributed by atoms with Gasteiger partial charge in [0.1, 0.15) is 0 Å². The van der Waals surface area contributed by atoms with Crippen LogP contribution in [0.2, 0.25) is 0 Å². The van der Waals surface area contributed by atoms with Gasteiger partial charge >= 0.3 is 11.9 Å². The van der Waals surface area contributed by atoms with Gasteiger partial charge in [0.05, 0.1) is 0 Å². The largest absolute Gasteiger partial charge is 0.474 e.